The predicted octanol–water partition coefficient (Wildman–Crippen LogP) is 2.70. The summed E-state index contributed by atoms with van der Waals surface area (Å²) < 4.78 is 60.1. The first-order valence-corrected chi connectivity index (χ1v) is 5.25. The van der Waals surface area contributed by atoms with E-state index in [1.54, 1.807) is 0 Å². The van der Waals surface area contributed by atoms with Gasteiger partial charge in [0.25, 0.3) is 0 Å². The second kappa shape index (κ2) is 4.94. The maximum Gasteiger partial charge on any atom is 0.408 e. The number of hydrogen-bond donors (Lipinski definition) is 1. The molecule has 2 rings (SSSR count). The third kappa shape index (κ3) is 2.88. The lowest BCUT2D eigenvalue weighted by atomic mass is 9.99. The monoisotopic (exact) mass is 279 g/mol. The van der Waals surface area contributed by atoms with Crippen LogP contribution in [0.1, 0.15) is 11.6 Å². The van der Waals surface area contributed by atoms with E-state index in [2.05, 4.69) is 9.47 Å². The number of amides is 1. The quantitative estimate of drug-likeness (QED) is 0.865. The Morgan fingerprint density at radius 1 is 1.37 bits per heavy atom. The van der Waals surface area contributed by atoms with Crippen molar-refractivity contribution in [2.75, 3.05) is 6.61 Å². The Labute approximate surface area is 105 Å². The number of alkyl halides is 4. The Morgan fingerprint density at radius 3 is 2.74 bits per heavy atom. The number of para-hydroxylation sites is 1. The molecule has 0 radical (unpaired) electrons. The van der Waals surface area contributed by atoms with Gasteiger partial charge in [0.1, 0.15) is 11.8 Å². The van der Waals surface area contributed by atoms with E-state index in [0.717, 1.165) is 6.07 Å². The molecule has 1 aliphatic rings. The van der Waals surface area contributed by atoms with Gasteiger partial charge in [0.2, 0.25) is 0 Å². The van der Waals surface area contributed by atoms with Gasteiger partial charge in [-0.3, -0.25) is 0 Å². The number of ether oxygens (including phenoxy) is 2. The highest BCUT2D eigenvalue weighted by atomic mass is 19.3. The lowest BCUT2D eigenvalue weighted by Crippen LogP contribution is -2.49. The Balaban J connectivity index is 2.36. The van der Waals surface area contributed by atoms with E-state index in [0.29, 0.717) is 0 Å². The topological polar surface area (TPSA) is 47.6 Å². The lowest BCUT2D eigenvalue weighted by molar-refractivity contribution is -0.106. The number of nitrogens with one attached hydrogen (secondary N) is 1. The summed E-state index contributed by atoms with van der Waals surface area (Å²) in [5.74, 6) is -3.83. The zero-order chi connectivity index (χ0) is 14.0. The maximum absolute atomic E-state index is 13.7. The number of halogens is 4. The van der Waals surface area contributed by atoms with E-state index in [1.165, 1.54) is 18.2 Å². The summed E-state index contributed by atoms with van der Waals surface area (Å²) in [6.07, 6.45) is -1.04. The van der Waals surface area contributed by atoms with Crippen molar-refractivity contribution in [3.05, 3.63) is 29.8 Å². The Morgan fingerprint density at radius 2 is 2.05 bits per heavy atom. The van der Waals surface area contributed by atoms with Crippen LogP contribution in [0.15, 0.2) is 24.3 Å². The predicted molar refractivity (Wildman–Crippen MR) is 55.2 cm³/mol. The average Bonchev–Trinajstić information content (AvgIpc) is 2.33. The fourth-order valence-corrected chi connectivity index (χ4v) is 1.74. The SMILES string of the molecule is O=C1N[C@@H](c2ccccc2OC(F)F)C(F)(F)CO1. The van der Waals surface area contributed by atoms with E-state index < -0.39 is 37.0 Å². The zero-order valence-corrected chi connectivity index (χ0v) is 9.41. The molecular weight excluding hydrogens is 270 g/mol. The van der Waals surface area contributed by atoms with Crippen LogP contribution in [0.25, 0.3) is 0 Å². The van der Waals surface area contributed by atoms with Gasteiger partial charge in [-0.25, -0.2) is 13.6 Å². The first-order valence-electron chi connectivity index (χ1n) is 5.25. The molecule has 4 nitrogen and oxygen atoms in total. The number of benzene rings is 1. The number of cyclic esters (lactones) is 1. The number of hydrogen-bond acceptors (Lipinski definition) is 3. The molecular formula is C11H9F4NO3. The van der Waals surface area contributed by atoms with Gasteiger partial charge in [0.15, 0.2) is 6.61 Å². The van der Waals surface area contributed by atoms with Crippen molar-refractivity contribution in [1.82, 2.24) is 5.32 Å². The molecule has 0 saturated carbocycles. The third-order valence-electron chi connectivity index (χ3n) is 2.53. The summed E-state index contributed by atoms with van der Waals surface area (Å²) in [5.41, 5.74) is -0.232. The molecule has 1 N–H and O–H groups in total. The highest BCUT2D eigenvalue weighted by Crippen LogP contribution is 2.38. The maximum atomic E-state index is 13.7. The van der Waals surface area contributed by atoms with Crippen LogP contribution in [0.2, 0.25) is 0 Å². The van der Waals surface area contributed by atoms with Crippen LogP contribution in [0, 0.1) is 0 Å². The molecule has 1 amide bonds. The molecule has 1 atom stereocenters. The van der Waals surface area contributed by atoms with Gasteiger partial charge in [-0.15, -0.1) is 0 Å². The fourth-order valence-electron chi connectivity index (χ4n) is 1.74. The Kier molecular flexibility index (Phi) is 3.50. The van der Waals surface area contributed by atoms with E-state index in [9.17, 15) is 22.4 Å². The summed E-state index contributed by atoms with van der Waals surface area (Å²) in [6.45, 7) is -4.27. The number of carbonyl (C=O) groups excluding carboxylic acids is 1. The molecule has 0 aliphatic carbocycles. The molecule has 19 heavy (non-hydrogen) atoms. The van der Waals surface area contributed by atoms with Crippen LogP contribution in [-0.2, 0) is 4.74 Å². The van der Waals surface area contributed by atoms with E-state index in [-0.39, 0.29) is 5.56 Å². The molecule has 0 bridgehead atoms. The summed E-state index contributed by atoms with van der Waals surface area (Å²) in [7, 11) is 0. The largest absolute Gasteiger partial charge is 0.443 e. The smallest absolute Gasteiger partial charge is 0.408 e. The molecule has 1 fully saturated rings. The molecule has 0 unspecified atom stereocenters. The lowest BCUT2D eigenvalue weighted by Gasteiger charge is -2.32. The minimum Gasteiger partial charge on any atom is -0.443 e. The zero-order valence-electron chi connectivity index (χ0n) is 9.41. The van der Waals surface area contributed by atoms with Crippen molar-refractivity contribution < 1.29 is 31.8 Å². The first-order chi connectivity index (χ1) is 8.90. The van der Waals surface area contributed by atoms with Crippen LogP contribution >= 0.6 is 0 Å². The number of alkyl carbamates (subject to hydrolysis) is 1. The van der Waals surface area contributed by atoms with Crippen LogP contribution in [0.3, 0.4) is 0 Å². The average molecular weight is 279 g/mol. The van der Waals surface area contributed by atoms with E-state index in [4.69, 9.17) is 0 Å². The van der Waals surface area contributed by atoms with Crippen LogP contribution in [0.5, 0.6) is 5.75 Å². The Bertz CT molecular complexity index is 481. The summed E-state index contributed by atoms with van der Waals surface area (Å²) >= 11 is 0. The molecule has 1 heterocycles. The summed E-state index contributed by atoms with van der Waals surface area (Å²) in [4.78, 5) is 11.0. The summed E-state index contributed by atoms with van der Waals surface area (Å²) in [6, 6.07) is 3.27. The molecule has 1 saturated heterocycles. The molecule has 1 aromatic rings. The molecule has 1 aromatic carbocycles. The van der Waals surface area contributed by atoms with Crippen LogP contribution < -0.4 is 10.1 Å². The number of rotatable bonds is 3. The van der Waals surface area contributed by atoms with Gasteiger partial charge in [-0.1, -0.05) is 18.2 Å². The van der Waals surface area contributed by atoms with Crippen molar-refractivity contribution in [1.29, 1.82) is 0 Å². The second-order valence-electron chi connectivity index (χ2n) is 3.83. The minimum absolute atomic E-state index is 0.232. The molecule has 0 aromatic heterocycles. The normalized spacial score (nSPS) is 21.7. The van der Waals surface area contributed by atoms with Crippen molar-refractivity contribution in [2.45, 2.75) is 18.6 Å². The standard InChI is InChI=1S/C11H9F4NO3/c12-9(13)19-7-4-2-1-3-6(7)8-11(14,15)5-18-10(17)16-8/h1-4,8-9H,5H2,(H,16,17)/t8-/m0/s1. The fraction of sp³-hybridized carbons (Fsp3) is 0.364. The Hall–Kier alpha value is -1.99. The van der Waals surface area contributed by atoms with Gasteiger partial charge in [-0.2, -0.15) is 8.78 Å². The minimum atomic E-state index is -3.42. The van der Waals surface area contributed by atoms with Gasteiger partial charge < -0.3 is 14.8 Å². The van der Waals surface area contributed by atoms with Crippen molar-refractivity contribution in [2.24, 2.45) is 0 Å². The van der Waals surface area contributed by atoms with E-state index >= 15 is 0 Å². The van der Waals surface area contributed by atoms with E-state index in [1.807, 2.05) is 5.32 Å². The highest BCUT2D eigenvalue weighted by Gasteiger charge is 2.47. The molecule has 1 aliphatic heterocycles. The van der Waals surface area contributed by atoms with Crippen LogP contribution in [0.4, 0.5) is 22.4 Å². The van der Waals surface area contributed by atoms with Gasteiger partial charge in [0.05, 0.1) is 0 Å². The third-order valence-corrected chi connectivity index (χ3v) is 2.53. The van der Waals surface area contributed by atoms with Gasteiger partial charge >= 0.3 is 18.6 Å². The molecule has 8 heteroatoms. The number of carbonyl (C=O) groups is 1. The van der Waals surface area contributed by atoms with Gasteiger partial charge in [-0.05, 0) is 6.07 Å². The second-order valence-corrected chi connectivity index (χ2v) is 3.83. The first kappa shape index (κ1) is 13.4. The van der Waals surface area contributed by atoms with Crippen LogP contribution in [-0.4, -0.2) is 25.2 Å². The van der Waals surface area contributed by atoms with Crippen molar-refractivity contribution in [3.63, 3.8) is 0 Å². The summed E-state index contributed by atoms with van der Waals surface area (Å²) in [5, 5.41) is 1.90. The molecule has 0 spiro atoms. The van der Waals surface area contributed by atoms with Crippen molar-refractivity contribution in [3.8, 4) is 5.75 Å². The highest BCUT2D eigenvalue weighted by molar-refractivity contribution is 5.69. The van der Waals surface area contributed by atoms with Crippen molar-refractivity contribution >= 4 is 6.09 Å². The molecule has 104 valence electrons. The van der Waals surface area contributed by atoms with Gasteiger partial charge in [0, 0.05) is 5.56 Å².